The highest BCUT2D eigenvalue weighted by Gasteiger charge is 2.24. The van der Waals surface area contributed by atoms with E-state index in [0.717, 1.165) is 5.56 Å². The minimum absolute atomic E-state index is 0.139. The molecule has 0 radical (unpaired) electrons. The van der Waals surface area contributed by atoms with Gasteiger partial charge in [0.2, 0.25) is 0 Å². The van der Waals surface area contributed by atoms with Crippen LogP contribution in [0.3, 0.4) is 0 Å². The Bertz CT molecular complexity index is 2010. The number of ketones is 1. The maximum absolute atomic E-state index is 14.3. The van der Waals surface area contributed by atoms with E-state index in [1.54, 1.807) is 47.2 Å². The van der Waals surface area contributed by atoms with Gasteiger partial charge in [-0.05, 0) is 23.3 Å². The van der Waals surface area contributed by atoms with Crippen molar-refractivity contribution in [3.05, 3.63) is 160 Å². The lowest BCUT2D eigenvalue weighted by Gasteiger charge is -2.18. The monoisotopic (exact) mass is 549 g/mol. The molecule has 5 nitrogen and oxygen atoms in total. The van der Waals surface area contributed by atoms with E-state index in [9.17, 15) is 19.2 Å². The third kappa shape index (κ3) is 5.12. The average Bonchev–Trinajstić information content (AvgIpc) is 3.03. The summed E-state index contributed by atoms with van der Waals surface area (Å²) < 4.78 is 15.6. The molecule has 0 bridgehead atoms. The number of benzene rings is 4. The first-order valence-corrected chi connectivity index (χ1v) is 13.5. The van der Waals surface area contributed by atoms with Crippen LogP contribution in [0.5, 0.6) is 0 Å². The van der Waals surface area contributed by atoms with Gasteiger partial charge in [-0.3, -0.25) is 14.6 Å². The van der Waals surface area contributed by atoms with Gasteiger partial charge in [0.15, 0.2) is 5.78 Å². The number of Topliss-reactive ketones (excluding diaryl/α,β-unsaturated/α-hetero) is 1. The molecule has 202 valence electrons. The van der Waals surface area contributed by atoms with Gasteiger partial charge in [0.05, 0.1) is 35.3 Å². The largest absolute Gasteiger partial charge is 0.310 e. The molecule has 6 aromatic rings. The van der Waals surface area contributed by atoms with Crippen molar-refractivity contribution in [1.82, 2.24) is 9.55 Å². The fourth-order valence-corrected chi connectivity index (χ4v) is 5.22. The van der Waals surface area contributed by atoms with Gasteiger partial charge in [-0.2, -0.15) is 5.26 Å². The van der Waals surface area contributed by atoms with Gasteiger partial charge in [0, 0.05) is 28.3 Å². The number of fused-ring (bicyclic) bond motifs is 1. The van der Waals surface area contributed by atoms with Crippen molar-refractivity contribution < 1.29 is 9.18 Å². The SMILES string of the molecule is N#Cc1c(-c2ccccc2)nc(CC(=O)c2ccccc2)c2c(=O)n(Cc3ccccc3)cc(-c3ccc(F)cc3)c12. The average molecular weight is 550 g/mol. The predicted octanol–water partition coefficient (Wildman–Crippen LogP) is 7.21. The second kappa shape index (κ2) is 11.4. The highest BCUT2D eigenvalue weighted by molar-refractivity contribution is 6.06. The fourth-order valence-electron chi connectivity index (χ4n) is 5.22. The molecule has 4 aromatic carbocycles. The van der Waals surface area contributed by atoms with Crippen molar-refractivity contribution in [2.24, 2.45) is 0 Å². The zero-order valence-corrected chi connectivity index (χ0v) is 22.5. The minimum Gasteiger partial charge on any atom is -0.310 e. The maximum atomic E-state index is 14.3. The van der Waals surface area contributed by atoms with Crippen LogP contribution in [0.2, 0.25) is 0 Å². The molecular weight excluding hydrogens is 525 g/mol. The Labute approximate surface area is 241 Å². The van der Waals surface area contributed by atoms with Crippen molar-refractivity contribution in [2.45, 2.75) is 13.0 Å². The maximum Gasteiger partial charge on any atom is 0.260 e. The summed E-state index contributed by atoms with van der Waals surface area (Å²) in [5, 5.41) is 11.1. The Morgan fingerprint density at radius 3 is 2.05 bits per heavy atom. The van der Waals surface area contributed by atoms with E-state index in [1.807, 2.05) is 66.7 Å². The van der Waals surface area contributed by atoms with Crippen LogP contribution in [0, 0.1) is 17.1 Å². The Balaban J connectivity index is 1.71. The highest BCUT2D eigenvalue weighted by atomic mass is 19.1. The topological polar surface area (TPSA) is 75.8 Å². The van der Waals surface area contributed by atoms with Crippen LogP contribution >= 0.6 is 0 Å². The molecule has 0 saturated carbocycles. The number of nitrogens with zero attached hydrogens (tertiary/aromatic N) is 3. The lowest BCUT2D eigenvalue weighted by atomic mass is 9.92. The quantitative estimate of drug-likeness (QED) is 0.197. The van der Waals surface area contributed by atoms with Crippen molar-refractivity contribution in [3.63, 3.8) is 0 Å². The van der Waals surface area contributed by atoms with Gasteiger partial charge in [0.25, 0.3) is 5.56 Å². The number of rotatable bonds is 7. The molecule has 6 rings (SSSR count). The van der Waals surface area contributed by atoms with Crippen molar-refractivity contribution in [1.29, 1.82) is 5.26 Å². The first kappa shape index (κ1) is 26.5. The molecule has 0 aliphatic rings. The van der Waals surface area contributed by atoms with Gasteiger partial charge in [-0.25, -0.2) is 4.39 Å². The molecule has 0 amide bonds. The summed E-state index contributed by atoms with van der Waals surface area (Å²) >= 11 is 0. The Hall–Kier alpha value is -5.67. The number of pyridine rings is 2. The van der Waals surface area contributed by atoms with Gasteiger partial charge < -0.3 is 4.57 Å². The Kier molecular flexibility index (Phi) is 7.23. The number of nitriles is 1. The molecule has 0 fully saturated rings. The predicted molar refractivity (Wildman–Crippen MR) is 162 cm³/mol. The zero-order chi connectivity index (χ0) is 29.1. The van der Waals surface area contributed by atoms with E-state index >= 15 is 0 Å². The number of hydrogen-bond donors (Lipinski definition) is 0. The third-order valence-electron chi connectivity index (χ3n) is 7.23. The molecule has 0 unspecified atom stereocenters. The number of hydrogen-bond acceptors (Lipinski definition) is 4. The Morgan fingerprint density at radius 1 is 0.786 bits per heavy atom. The van der Waals surface area contributed by atoms with Crippen LogP contribution in [-0.4, -0.2) is 15.3 Å². The van der Waals surface area contributed by atoms with Gasteiger partial charge >= 0.3 is 0 Å². The van der Waals surface area contributed by atoms with Crippen LogP contribution in [0.25, 0.3) is 33.2 Å². The molecule has 0 aliphatic heterocycles. The number of carbonyl (C=O) groups excluding carboxylic acids is 1. The summed E-state index contributed by atoms with van der Waals surface area (Å²) in [6.45, 7) is 0.262. The van der Waals surface area contributed by atoms with Crippen LogP contribution in [-0.2, 0) is 13.0 Å². The second-order valence-electron chi connectivity index (χ2n) is 9.94. The second-order valence-corrected chi connectivity index (χ2v) is 9.94. The third-order valence-corrected chi connectivity index (χ3v) is 7.23. The molecule has 2 heterocycles. The molecular formula is C36H24FN3O2. The van der Waals surface area contributed by atoms with E-state index < -0.39 is 5.82 Å². The summed E-state index contributed by atoms with van der Waals surface area (Å²) in [7, 11) is 0. The van der Waals surface area contributed by atoms with Gasteiger partial charge in [0.1, 0.15) is 11.9 Å². The standard InChI is InChI=1S/C36H24FN3O2/c37-28-18-16-25(17-19-28)30-23-40(22-24-10-4-1-5-11-24)36(42)34-31(20-32(41)26-12-6-2-7-13-26)39-35(29(21-38)33(30)34)27-14-8-3-9-15-27/h1-19,23H,20,22H2. The van der Waals surface area contributed by atoms with E-state index in [0.29, 0.717) is 33.3 Å². The smallest absolute Gasteiger partial charge is 0.260 e. The molecule has 6 heteroatoms. The first-order chi connectivity index (χ1) is 20.5. The van der Waals surface area contributed by atoms with Crippen LogP contribution in [0.15, 0.2) is 126 Å². The first-order valence-electron chi connectivity index (χ1n) is 13.5. The highest BCUT2D eigenvalue weighted by Crippen LogP contribution is 2.36. The number of halogens is 1. The molecule has 0 aliphatic carbocycles. The van der Waals surface area contributed by atoms with E-state index in [1.165, 1.54) is 12.1 Å². The van der Waals surface area contributed by atoms with Gasteiger partial charge in [-0.1, -0.05) is 103 Å². The number of carbonyl (C=O) groups is 1. The molecule has 42 heavy (non-hydrogen) atoms. The number of aromatic nitrogens is 2. The lowest BCUT2D eigenvalue weighted by molar-refractivity contribution is 0.0992. The van der Waals surface area contributed by atoms with E-state index in [-0.39, 0.29) is 41.0 Å². The minimum atomic E-state index is -0.401. The lowest BCUT2D eigenvalue weighted by Crippen LogP contribution is -2.24. The Morgan fingerprint density at radius 2 is 1.40 bits per heavy atom. The molecule has 0 N–H and O–H groups in total. The van der Waals surface area contributed by atoms with Crippen LogP contribution in [0.1, 0.15) is 27.2 Å². The normalized spacial score (nSPS) is 10.9. The zero-order valence-electron chi connectivity index (χ0n) is 22.5. The summed E-state index contributed by atoms with van der Waals surface area (Å²) in [5.41, 5.74) is 3.81. The van der Waals surface area contributed by atoms with Crippen LogP contribution < -0.4 is 5.56 Å². The summed E-state index contributed by atoms with van der Waals surface area (Å²) in [6, 6.07) is 35.9. The molecule has 0 saturated heterocycles. The van der Waals surface area contributed by atoms with Crippen LogP contribution in [0.4, 0.5) is 4.39 Å². The molecule has 0 spiro atoms. The summed E-state index contributed by atoms with van der Waals surface area (Å²) in [4.78, 5) is 32.6. The van der Waals surface area contributed by atoms with Crippen molar-refractivity contribution in [2.75, 3.05) is 0 Å². The van der Waals surface area contributed by atoms with E-state index in [2.05, 4.69) is 6.07 Å². The van der Waals surface area contributed by atoms with Crippen molar-refractivity contribution >= 4 is 16.6 Å². The molecule has 2 aromatic heterocycles. The fraction of sp³-hybridized carbons (Fsp3) is 0.0556. The molecule has 0 atom stereocenters. The van der Waals surface area contributed by atoms with Crippen molar-refractivity contribution in [3.8, 4) is 28.5 Å². The van der Waals surface area contributed by atoms with E-state index in [4.69, 9.17) is 4.98 Å². The van der Waals surface area contributed by atoms with Gasteiger partial charge in [-0.15, -0.1) is 0 Å². The summed E-state index contributed by atoms with van der Waals surface area (Å²) in [5.74, 6) is -0.601. The summed E-state index contributed by atoms with van der Waals surface area (Å²) in [6.07, 6.45) is 1.57.